The Bertz CT molecular complexity index is 1140. The van der Waals surface area contributed by atoms with Gasteiger partial charge in [0.2, 0.25) is 0 Å². The average molecular weight is 565 g/mol. The molecular formula is C35H52N2O2S. The molecule has 0 radical (unpaired) electrons. The number of nitrogens with one attached hydrogen (secondary N) is 2. The van der Waals surface area contributed by atoms with Crippen LogP contribution >= 0.6 is 11.8 Å². The molecule has 4 nitrogen and oxygen atoms in total. The number of benzene rings is 2. The molecule has 2 N–H and O–H groups in total. The van der Waals surface area contributed by atoms with E-state index in [-0.39, 0.29) is 16.3 Å². The Hall–Kier alpha value is -2.27. The van der Waals surface area contributed by atoms with Gasteiger partial charge in [0.25, 0.3) is 0 Å². The second kappa shape index (κ2) is 15.7. The normalized spacial score (nSPS) is 13.7. The van der Waals surface area contributed by atoms with Crippen LogP contribution in [0.5, 0.6) is 0 Å². The fraction of sp³-hybridized carbons (Fsp3) is 0.600. The highest BCUT2D eigenvalue weighted by Crippen LogP contribution is 2.46. The summed E-state index contributed by atoms with van der Waals surface area (Å²) in [4.78, 5) is 28.8. The Kier molecular flexibility index (Phi) is 12.6. The van der Waals surface area contributed by atoms with Gasteiger partial charge in [0.05, 0.1) is 16.8 Å². The second-order valence-corrected chi connectivity index (χ2v) is 13.8. The summed E-state index contributed by atoms with van der Waals surface area (Å²) in [5, 5.41) is 6.99. The highest BCUT2D eigenvalue weighted by Gasteiger charge is 2.36. The smallest absolute Gasteiger partial charge is 0.196 e. The maximum atomic E-state index is 13.9. The molecular weight excluding hydrogens is 512 g/mol. The van der Waals surface area contributed by atoms with E-state index in [0.29, 0.717) is 28.2 Å². The number of rotatable bonds is 18. The zero-order valence-electron chi connectivity index (χ0n) is 25.9. The third kappa shape index (κ3) is 8.15. The van der Waals surface area contributed by atoms with Crippen molar-refractivity contribution in [3.63, 3.8) is 0 Å². The van der Waals surface area contributed by atoms with Crippen molar-refractivity contribution >= 4 is 34.7 Å². The van der Waals surface area contributed by atoms with Gasteiger partial charge in [0.15, 0.2) is 11.6 Å². The number of ketones is 2. The van der Waals surface area contributed by atoms with E-state index in [1.807, 2.05) is 30.9 Å². The van der Waals surface area contributed by atoms with Crippen molar-refractivity contribution in [2.24, 2.45) is 5.92 Å². The zero-order chi connectivity index (χ0) is 29.1. The van der Waals surface area contributed by atoms with E-state index in [4.69, 9.17) is 0 Å². The van der Waals surface area contributed by atoms with Crippen LogP contribution in [0.25, 0.3) is 0 Å². The first kappa shape index (κ1) is 32.2. The van der Waals surface area contributed by atoms with Crippen LogP contribution in [-0.2, 0) is 0 Å². The molecule has 0 amide bonds. The number of carbonyl (C=O) groups is 2. The maximum Gasteiger partial charge on any atom is 0.196 e. The van der Waals surface area contributed by atoms with E-state index in [1.165, 1.54) is 64.2 Å². The van der Waals surface area contributed by atoms with Crippen LogP contribution < -0.4 is 10.6 Å². The maximum absolute atomic E-state index is 13.9. The number of carbonyl (C=O) groups excluding carboxylic acids is 2. The van der Waals surface area contributed by atoms with Crippen LogP contribution in [0.4, 0.5) is 11.4 Å². The van der Waals surface area contributed by atoms with E-state index in [2.05, 4.69) is 51.3 Å². The molecule has 0 aromatic heterocycles. The van der Waals surface area contributed by atoms with Gasteiger partial charge < -0.3 is 10.6 Å². The van der Waals surface area contributed by atoms with Gasteiger partial charge in [-0.1, -0.05) is 123 Å². The summed E-state index contributed by atoms with van der Waals surface area (Å²) in [6.45, 7) is 12.1. The number of unbranched alkanes of at least 4 members (excludes halogenated alkanes) is 7. The lowest BCUT2D eigenvalue weighted by Crippen LogP contribution is -2.26. The fourth-order valence-electron chi connectivity index (χ4n) is 5.79. The van der Waals surface area contributed by atoms with E-state index < -0.39 is 0 Å². The number of anilines is 2. The minimum Gasteiger partial charge on any atom is -0.387 e. The first-order valence-electron chi connectivity index (χ1n) is 15.8. The lowest BCUT2D eigenvalue weighted by Gasteiger charge is -2.30. The van der Waals surface area contributed by atoms with Gasteiger partial charge in [-0.05, 0) is 24.8 Å². The molecule has 0 heterocycles. The Balaban J connectivity index is 1.93. The molecule has 0 bridgehead atoms. The summed E-state index contributed by atoms with van der Waals surface area (Å²) in [5.41, 5.74) is 3.62. The van der Waals surface area contributed by atoms with Crippen LogP contribution in [0.2, 0.25) is 0 Å². The standard InChI is InChI=1S/C35H52N2O2S/c1-7-10-12-13-14-15-18-22-35(4,5)40-29-23-28(37-24-25(9-3)19-11-8-2)30-31(32(29)36-6)34(39)27-21-17-16-20-26(27)33(30)38/h16-17,20-21,23,25,36-37H,7-15,18-19,22,24H2,1-6H3. The lowest BCUT2D eigenvalue weighted by atomic mass is 9.82. The summed E-state index contributed by atoms with van der Waals surface area (Å²) >= 11 is 1.83. The van der Waals surface area contributed by atoms with Crippen molar-refractivity contribution in [3.05, 3.63) is 52.6 Å². The van der Waals surface area contributed by atoms with Crippen LogP contribution in [0.15, 0.2) is 35.2 Å². The van der Waals surface area contributed by atoms with Gasteiger partial charge in [-0.15, -0.1) is 11.8 Å². The largest absolute Gasteiger partial charge is 0.387 e. The van der Waals surface area contributed by atoms with Crippen molar-refractivity contribution in [1.29, 1.82) is 0 Å². The summed E-state index contributed by atoms with van der Waals surface area (Å²) < 4.78 is 0.00718. The molecule has 0 aliphatic heterocycles. The van der Waals surface area contributed by atoms with Crippen molar-refractivity contribution in [2.45, 2.75) is 121 Å². The van der Waals surface area contributed by atoms with Crippen molar-refractivity contribution in [3.8, 4) is 0 Å². The molecule has 40 heavy (non-hydrogen) atoms. The summed E-state index contributed by atoms with van der Waals surface area (Å²) in [6.07, 6.45) is 14.8. The Morgan fingerprint density at radius 3 is 2.02 bits per heavy atom. The van der Waals surface area contributed by atoms with Crippen LogP contribution in [0.3, 0.4) is 0 Å². The predicted molar refractivity (Wildman–Crippen MR) is 174 cm³/mol. The fourth-order valence-corrected chi connectivity index (χ4v) is 7.12. The molecule has 3 rings (SSSR count). The van der Waals surface area contributed by atoms with Gasteiger partial charge in [-0.2, -0.15) is 0 Å². The molecule has 2 aromatic rings. The van der Waals surface area contributed by atoms with Crippen LogP contribution in [0, 0.1) is 5.92 Å². The Morgan fingerprint density at radius 1 is 0.825 bits per heavy atom. The summed E-state index contributed by atoms with van der Waals surface area (Å²) in [5.74, 6) is 0.402. The first-order valence-corrected chi connectivity index (χ1v) is 16.6. The number of fused-ring (bicyclic) bond motifs is 2. The topological polar surface area (TPSA) is 58.2 Å². The summed E-state index contributed by atoms with van der Waals surface area (Å²) in [7, 11) is 1.87. The molecule has 220 valence electrons. The van der Waals surface area contributed by atoms with E-state index in [0.717, 1.165) is 35.7 Å². The van der Waals surface area contributed by atoms with Gasteiger partial charge in [0, 0.05) is 40.0 Å². The van der Waals surface area contributed by atoms with Crippen molar-refractivity contribution in [1.82, 2.24) is 0 Å². The van der Waals surface area contributed by atoms with Gasteiger partial charge in [-0.3, -0.25) is 9.59 Å². The van der Waals surface area contributed by atoms with Gasteiger partial charge in [-0.25, -0.2) is 0 Å². The molecule has 0 saturated heterocycles. The SMILES string of the molecule is CCCCCCCCCC(C)(C)Sc1cc(NCC(CC)CCCC)c2c(c1NC)C(=O)c1ccccc1C2=O. The lowest BCUT2D eigenvalue weighted by molar-refractivity contribution is 0.0980. The highest BCUT2D eigenvalue weighted by atomic mass is 32.2. The summed E-state index contributed by atoms with van der Waals surface area (Å²) in [6, 6.07) is 9.39. The second-order valence-electron chi connectivity index (χ2n) is 12.0. The molecule has 0 spiro atoms. The minimum atomic E-state index is -0.0667. The molecule has 1 atom stereocenters. The highest BCUT2D eigenvalue weighted by molar-refractivity contribution is 8.00. The molecule has 0 fully saturated rings. The molecule has 2 aromatic carbocycles. The predicted octanol–water partition coefficient (Wildman–Crippen LogP) is 10.1. The number of hydrogen-bond donors (Lipinski definition) is 2. The van der Waals surface area contributed by atoms with E-state index in [9.17, 15) is 9.59 Å². The number of hydrogen-bond acceptors (Lipinski definition) is 5. The van der Waals surface area contributed by atoms with Crippen molar-refractivity contribution in [2.75, 3.05) is 24.2 Å². The molecule has 0 saturated carbocycles. The monoisotopic (exact) mass is 564 g/mol. The zero-order valence-corrected chi connectivity index (χ0v) is 26.7. The molecule has 1 aliphatic carbocycles. The third-order valence-corrected chi connectivity index (χ3v) is 9.60. The van der Waals surface area contributed by atoms with Crippen molar-refractivity contribution < 1.29 is 9.59 Å². The third-order valence-electron chi connectivity index (χ3n) is 8.30. The van der Waals surface area contributed by atoms with E-state index in [1.54, 1.807) is 12.1 Å². The van der Waals surface area contributed by atoms with E-state index >= 15 is 0 Å². The van der Waals surface area contributed by atoms with Gasteiger partial charge in [0.1, 0.15) is 0 Å². The number of thioether (sulfide) groups is 1. The quantitative estimate of drug-likeness (QED) is 0.119. The average Bonchev–Trinajstić information content (AvgIpc) is 2.95. The molecule has 1 aliphatic rings. The van der Waals surface area contributed by atoms with Crippen LogP contribution in [-0.4, -0.2) is 29.9 Å². The Labute approximate surface area is 247 Å². The molecule has 1 unspecified atom stereocenters. The first-order chi connectivity index (χ1) is 19.3. The van der Waals surface area contributed by atoms with Crippen LogP contribution in [0.1, 0.15) is 144 Å². The Morgan fingerprint density at radius 2 is 1.43 bits per heavy atom. The molecule has 5 heteroatoms. The minimum absolute atomic E-state index is 0.00718. The van der Waals surface area contributed by atoms with Gasteiger partial charge >= 0.3 is 0 Å².